The highest BCUT2D eigenvalue weighted by atomic mass is 32.2. The van der Waals surface area contributed by atoms with Crippen molar-refractivity contribution in [2.75, 3.05) is 0 Å². The van der Waals surface area contributed by atoms with Gasteiger partial charge in [-0.3, -0.25) is 0 Å². The van der Waals surface area contributed by atoms with Crippen molar-refractivity contribution in [3.63, 3.8) is 0 Å². The van der Waals surface area contributed by atoms with Crippen LogP contribution in [-0.2, 0) is 0 Å². The Bertz CT molecular complexity index is 1190. The molecule has 33 heavy (non-hydrogen) atoms. The van der Waals surface area contributed by atoms with E-state index < -0.39 is 0 Å². The largest absolute Gasteiger partial charge is 0.366 e. The van der Waals surface area contributed by atoms with Gasteiger partial charge in [0.15, 0.2) is 0 Å². The Balaban J connectivity index is 1.34. The quantitative estimate of drug-likeness (QED) is 0.461. The second kappa shape index (κ2) is 10.1. The smallest absolute Gasteiger partial charge is 0.0893 e. The molecule has 2 heterocycles. The van der Waals surface area contributed by atoms with E-state index in [0.717, 1.165) is 28.5 Å². The maximum atomic E-state index is 4.60. The van der Waals surface area contributed by atoms with Gasteiger partial charge in [-0.25, -0.2) is 4.99 Å². The first-order chi connectivity index (χ1) is 16.3. The molecule has 1 N–H and O–H groups in total. The van der Waals surface area contributed by atoms with Gasteiger partial charge in [-0.1, -0.05) is 91.6 Å². The summed E-state index contributed by atoms with van der Waals surface area (Å²) < 4.78 is 0. The maximum absolute atomic E-state index is 4.60. The normalized spacial score (nSPS) is 23.9. The predicted octanol–water partition coefficient (Wildman–Crippen LogP) is 7.58. The zero-order chi connectivity index (χ0) is 22.5. The van der Waals surface area contributed by atoms with E-state index in [1.54, 1.807) is 6.08 Å². The van der Waals surface area contributed by atoms with Crippen molar-refractivity contribution in [1.29, 1.82) is 0 Å². The molecular formula is C30H28N2S. The summed E-state index contributed by atoms with van der Waals surface area (Å²) in [5.41, 5.74) is 7.37. The highest BCUT2D eigenvalue weighted by Crippen LogP contribution is 2.41. The van der Waals surface area contributed by atoms with Crippen molar-refractivity contribution >= 4 is 35.4 Å². The van der Waals surface area contributed by atoms with Crippen molar-refractivity contribution in [2.24, 2.45) is 10.9 Å². The third-order valence-corrected chi connectivity index (χ3v) is 7.54. The number of benzene rings is 2. The fourth-order valence-corrected chi connectivity index (χ4v) is 5.61. The van der Waals surface area contributed by atoms with E-state index in [0.29, 0.717) is 5.92 Å². The van der Waals surface area contributed by atoms with Crippen LogP contribution in [0.5, 0.6) is 0 Å². The molecule has 2 aromatic carbocycles. The van der Waals surface area contributed by atoms with Crippen LogP contribution in [-0.4, -0.2) is 11.6 Å². The van der Waals surface area contributed by atoms with Gasteiger partial charge in [-0.05, 0) is 58.2 Å². The molecule has 5 rings (SSSR count). The minimum Gasteiger partial charge on any atom is -0.366 e. The zero-order valence-corrected chi connectivity index (χ0v) is 19.4. The second-order valence-corrected chi connectivity index (χ2v) is 9.64. The molecule has 0 saturated carbocycles. The predicted molar refractivity (Wildman–Crippen MR) is 145 cm³/mol. The van der Waals surface area contributed by atoms with Gasteiger partial charge in [-0.15, -0.1) is 11.8 Å². The minimum atomic E-state index is 0.111. The Labute approximate surface area is 200 Å². The van der Waals surface area contributed by atoms with E-state index in [2.05, 4.69) is 95.1 Å². The summed E-state index contributed by atoms with van der Waals surface area (Å²) in [6, 6.07) is 17.6. The third-order valence-electron chi connectivity index (χ3n) is 6.33. The molecule has 3 atom stereocenters. The van der Waals surface area contributed by atoms with Crippen LogP contribution in [0.2, 0.25) is 0 Å². The van der Waals surface area contributed by atoms with E-state index in [-0.39, 0.29) is 6.04 Å². The number of nitrogens with zero attached hydrogens (tertiary/aromatic N) is 1. The van der Waals surface area contributed by atoms with Crippen molar-refractivity contribution < 1.29 is 0 Å². The van der Waals surface area contributed by atoms with E-state index in [1.807, 2.05) is 36.3 Å². The lowest BCUT2D eigenvalue weighted by molar-refractivity contribution is 0.669. The zero-order valence-electron chi connectivity index (χ0n) is 18.6. The van der Waals surface area contributed by atoms with E-state index in [1.165, 1.54) is 23.1 Å². The monoisotopic (exact) mass is 448 g/mol. The number of hydrogen-bond acceptors (Lipinski definition) is 3. The summed E-state index contributed by atoms with van der Waals surface area (Å²) in [5, 5.41) is 6.43. The Morgan fingerprint density at radius 1 is 1.00 bits per heavy atom. The second-order valence-electron chi connectivity index (χ2n) is 8.49. The molecule has 0 spiro atoms. The van der Waals surface area contributed by atoms with Crippen LogP contribution in [0.15, 0.2) is 108 Å². The molecule has 0 amide bonds. The van der Waals surface area contributed by atoms with E-state index >= 15 is 0 Å². The van der Waals surface area contributed by atoms with Crippen LogP contribution < -0.4 is 5.32 Å². The molecule has 0 aromatic heterocycles. The van der Waals surface area contributed by atoms with Crippen LogP contribution in [0.4, 0.5) is 0 Å². The Hall–Kier alpha value is -3.30. The van der Waals surface area contributed by atoms with Gasteiger partial charge in [0.25, 0.3) is 0 Å². The fraction of sp³-hybridized carbons (Fsp3) is 0.167. The molecule has 0 fully saturated rings. The van der Waals surface area contributed by atoms with E-state index in [9.17, 15) is 0 Å². The van der Waals surface area contributed by atoms with Gasteiger partial charge < -0.3 is 5.32 Å². The van der Waals surface area contributed by atoms with Crippen LogP contribution in [0.25, 0.3) is 17.3 Å². The highest BCUT2D eigenvalue weighted by Gasteiger charge is 2.26. The molecule has 2 nitrogen and oxygen atoms in total. The topological polar surface area (TPSA) is 24.4 Å². The molecule has 0 saturated heterocycles. The van der Waals surface area contributed by atoms with Crippen LogP contribution in [0.3, 0.4) is 0 Å². The van der Waals surface area contributed by atoms with Crippen molar-refractivity contribution in [3.05, 3.63) is 125 Å². The number of thioether (sulfide) groups is 1. The molecule has 1 aliphatic carbocycles. The number of rotatable bonds is 6. The lowest BCUT2D eigenvalue weighted by atomic mass is 9.86. The summed E-state index contributed by atoms with van der Waals surface area (Å²) in [5.74, 6) is 0.588. The van der Waals surface area contributed by atoms with Crippen LogP contribution in [0, 0.1) is 5.92 Å². The van der Waals surface area contributed by atoms with E-state index in [4.69, 9.17) is 0 Å². The lowest BCUT2D eigenvalue weighted by Crippen LogP contribution is -2.21. The highest BCUT2D eigenvalue weighted by molar-refractivity contribution is 8.03. The molecular weight excluding hydrogens is 420 g/mol. The summed E-state index contributed by atoms with van der Waals surface area (Å²) in [4.78, 5) is 4.60. The molecule has 2 aliphatic heterocycles. The lowest BCUT2D eigenvalue weighted by Gasteiger charge is -2.24. The van der Waals surface area contributed by atoms with Gasteiger partial charge >= 0.3 is 0 Å². The number of aliphatic imine (C=N–C) groups is 1. The van der Waals surface area contributed by atoms with Crippen LogP contribution in [0.1, 0.15) is 41.1 Å². The molecule has 2 aromatic rings. The van der Waals surface area contributed by atoms with Crippen molar-refractivity contribution in [3.8, 4) is 0 Å². The average Bonchev–Trinajstić information content (AvgIpc) is 3.35. The number of hydrogen-bond donors (Lipinski definition) is 1. The molecule has 164 valence electrons. The van der Waals surface area contributed by atoms with Gasteiger partial charge in [0.05, 0.1) is 18.1 Å². The Kier molecular flexibility index (Phi) is 6.59. The first-order valence-corrected chi connectivity index (χ1v) is 12.4. The van der Waals surface area contributed by atoms with Gasteiger partial charge in [0.2, 0.25) is 0 Å². The maximum Gasteiger partial charge on any atom is 0.0893 e. The minimum absolute atomic E-state index is 0.111. The Morgan fingerprint density at radius 3 is 2.79 bits per heavy atom. The number of fused-ring (bicyclic) bond motifs is 1. The first-order valence-electron chi connectivity index (χ1n) is 11.5. The Morgan fingerprint density at radius 2 is 1.91 bits per heavy atom. The summed E-state index contributed by atoms with van der Waals surface area (Å²) >= 11 is 1.99. The van der Waals surface area contributed by atoms with Crippen LogP contribution >= 0.6 is 11.8 Å². The third kappa shape index (κ3) is 5.04. The standard InChI is InChI=1S/C30H28N2S/c1-2-3-4-5-7-22-10-12-23(13-11-22)28-20-29(32-21-31-28)26-9-6-8-24(18-26)25-14-15-30-27(19-25)16-17-33-30/h2-13,16-21,27,29-30H,1,14-15H2,(H,31,32)/b4-3-,7-5+/t27?,29-,30?/m1/s1. The van der Waals surface area contributed by atoms with Crippen molar-refractivity contribution in [1.82, 2.24) is 5.32 Å². The van der Waals surface area contributed by atoms with Gasteiger partial charge in [0.1, 0.15) is 0 Å². The molecule has 3 aliphatic rings. The summed E-state index contributed by atoms with van der Waals surface area (Å²) in [6.45, 7) is 3.69. The fourth-order valence-electron chi connectivity index (χ4n) is 4.53. The molecule has 2 unspecified atom stereocenters. The SMILES string of the molecule is C=C/C=C\C=C\c1ccc(C2=C[C@H](c3cccc(C4=CC5C=CSC5CC4)c3)NC=N2)cc1. The van der Waals surface area contributed by atoms with Gasteiger partial charge in [0, 0.05) is 11.2 Å². The first kappa shape index (κ1) is 21.5. The molecule has 0 bridgehead atoms. The molecule has 3 heteroatoms. The summed E-state index contributed by atoms with van der Waals surface area (Å²) in [6.07, 6.45) is 21.1. The number of allylic oxidation sites excluding steroid dienone is 7. The summed E-state index contributed by atoms with van der Waals surface area (Å²) in [7, 11) is 0. The molecule has 0 radical (unpaired) electrons. The number of nitrogens with one attached hydrogen (secondary N) is 1. The van der Waals surface area contributed by atoms with Crippen molar-refractivity contribution in [2.45, 2.75) is 24.1 Å². The van der Waals surface area contributed by atoms with Gasteiger partial charge in [-0.2, -0.15) is 0 Å². The average molecular weight is 449 g/mol.